The number of amides is 8. The molecular weight excluding hydrogens is 1620 g/mol. The molecule has 20 rings (SSSR count). The van der Waals surface area contributed by atoms with E-state index in [-0.39, 0.29) is 53.1 Å². The van der Waals surface area contributed by atoms with Crippen LogP contribution in [0.3, 0.4) is 0 Å². The van der Waals surface area contributed by atoms with Crippen molar-refractivity contribution in [3.8, 4) is 80.5 Å². The zero-order chi connectivity index (χ0) is 83.5. The third-order valence-electron chi connectivity index (χ3n) is 19.5. The Bertz CT molecular complexity index is 6570. The molecule has 23 nitrogen and oxygen atoms in total. The molecule has 0 spiro atoms. The number of fused-ring (bicyclic) bond motifs is 4. The van der Waals surface area contributed by atoms with Crippen LogP contribution in [0.25, 0.3) is 56.3 Å². The van der Waals surface area contributed by atoms with Gasteiger partial charge in [-0.2, -0.15) is 25.5 Å². The van der Waals surface area contributed by atoms with Gasteiger partial charge in [-0.15, -0.1) is 6.42 Å². The van der Waals surface area contributed by atoms with Crippen LogP contribution in [0, 0.1) is 27.8 Å². The lowest BCUT2D eigenvalue weighted by molar-refractivity contribution is 0.0908. The predicted octanol–water partition coefficient (Wildman–Crippen LogP) is 16.9. The SMILES string of the molecule is C#Cc1ccccc1.Cn1nc(N2C(=O)c3ccccc3C2=O)c(C#Cc2ccccc2)c1-c1ccccc1.Cn1nc(N2C(=O)c3ccccc3C2=O)c(I)c1-c1ccccc1.Cn1nc(N2C(=O)c3ccccc3C2=O)cc1-c1ccccc1.Nc1cc(-c2ccccc2)[nH]n1.O=C1c2ccccc2C(=O)N1c1cc(-c2ccccc2)[nH]n1. The number of aromatic nitrogens is 10. The summed E-state index contributed by atoms with van der Waals surface area (Å²) in [6, 6.07) is 101. The number of benzene rings is 11. The Balaban J connectivity index is 0.000000116. The van der Waals surface area contributed by atoms with Crippen molar-refractivity contribution in [2.75, 3.05) is 25.3 Å². The summed E-state index contributed by atoms with van der Waals surface area (Å²) >= 11 is 2.14. The minimum Gasteiger partial charge on any atom is -0.382 e. The lowest BCUT2D eigenvalue weighted by Crippen LogP contribution is -2.30. The molecule has 5 aromatic heterocycles. The molecule has 4 aliphatic rings. The molecule has 0 aliphatic carbocycles. The molecule has 120 heavy (non-hydrogen) atoms. The molecule has 0 atom stereocenters. The fourth-order valence-corrected chi connectivity index (χ4v) is 14.7. The third-order valence-corrected chi connectivity index (χ3v) is 20.5. The van der Waals surface area contributed by atoms with Crippen LogP contribution < -0.4 is 25.3 Å². The van der Waals surface area contributed by atoms with Crippen molar-refractivity contribution in [2.24, 2.45) is 21.1 Å². The van der Waals surface area contributed by atoms with Gasteiger partial charge in [-0.25, -0.2) is 19.6 Å². The first kappa shape index (κ1) is 78.9. The number of imide groups is 4. The molecule has 0 saturated carbocycles. The van der Waals surface area contributed by atoms with Gasteiger partial charge in [-0.05, 0) is 112 Å². The number of H-pyrrole nitrogens is 2. The summed E-state index contributed by atoms with van der Waals surface area (Å²) in [7, 11) is 5.40. The van der Waals surface area contributed by atoms with Crippen LogP contribution in [0.2, 0.25) is 0 Å². The normalized spacial score (nSPS) is 12.5. The number of hydrogen-bond acceptors (Lipinski definition) is 14. The maximum Gasteiger partial charge on any atom is 0.267 e. The first-order valence-electron chi connectivity index (χ1n) is 37.4. The van der Waals surface area contributed by atoms with Gasteiger partial charge >= 0.3 is 0 Å². The Hall–Kier alpha value is -16.3. The summed E-state index contributed by atoms with van der Waals surface area (Å²) in [4.78, 5) is 106. The van der Waals surface area contributed by atoms with Crippen molar-refractivity contribution in [2.45, 2.75) is 0 Å². The summed E-state index contributed by atoms with van der Waals surface area (Å²) in [5, 5.41) is 27.0. The molecule has 0 saturated heterocycles. The van der Waals surface area contributed by atoms with E-state index in [0.717, 1.165) is 85.7 Å². The first-order chi connectivity index (χ1) is 58.5. The predicted molar refractivity (Wildman–Crippen MR) is 468 cm³/mol. The zero-order valence-electron chi connectivity index (χ0n) is 64.3. The Morgan fingerprint density at radius 2 is 0.633 bits per heavy atom. The highest BCUT2D eigenvalue weighted by Crippen LogP contribution is 2.39. The number of nitrogen functional groups attached to an aromatic ring is 1. The summed E-state index contributed by atoms with van der Waals surface area (Å²) in [5.41, 5.74) is 20.1. The molecule has 0 bridgehead atoms. The second-order valence-corrected chi connectivity index (χ2v) is 28.1. The van der Waals surface area contributed by atoms with Gasteiger partial charge in [0.25, 0.3) is 47.3 Å². The fourth-order valence-electron chi connectivity index (χ4n) is 13.7. The van der Waals surface area contributed by atoms with Gasteiger partial charge in [0.15, 0.2) is 23.3 Å². The maximum absolute atomic E-state index is 13.1. The van der Waals surface area contributed by atoms with Crippen molar-refractivity contribution in [3.05, 3.63) is 392 Å². The van der Waals surface area contributed by atoms with Gasteiger partial charge in [0.1, 0.15) is 5.82 Å². The first-order valence-corrected chi connectivity index (χ1v) is 38.5. The van der Waals surface area contributed by atoms with Gasteiger partial charge in [-0.3, -0.25) is 62.6 Å². The summed E-state index contributed by atoms with van der Waals surface area (Å²) in [5.74, 6) is 7.88. The molecule has 0 fully saturated rings. The van der Waals surface area contributed by atoms with E-state index >= 15 is 0 Å². The molecule has 9 heterocycles. The van der Waals surface area contributed by atoms with Gasteiger partial charge < -0.3 is 5.73 Å². The molecular formula is C96H68IN15O8. The number of carbonyl (C=O) groups excluding carboxylic acids is 8. The number of terminal acetylenes is 1. The van der Waals surface area contributed by atoms with E-state index in [0.29, 0.717) is 73.3 Å². The molecule has 16 aromatic rings. The summed E-state index contributed by atoms with van der Waals surface area (Å²) in [6.07, 6.45) is 5.10. The van der Waals surface area contributed by atoms with Crippen LogP contribution in [0.5, 0.6) is 0 Å². The van der Waals surface area contributed by atoms with Crippen LogP contribution in [0.1, 0.15) is 99.6 Å². The molecule has 582 valence electrons. The van der Waals surface area contributed by atoms with E-state index in [1.807, 2.05) is 225 Å². The van der Waals surface area contributed by atoms with Crippen molar-refractivity contribution in [1.29, 1.82) is 0 Å². The minimum absolute atomic E-state index is 0.246. The van der Waals surface area contributed by atoms with Gasteiger partial charge in [0.2, 0.25) is 0 Å². The lowest BCUT2D eigenvalue weighted by atomic mass is 10.1. The van der Waals surface area contributed by atoms with Gasteiger partial charge in [0, 0.05) is 61.6 Å². The van der Waals surface area contributed by atoms with Crippen molar-refractivity contribution < 1.29 is 38.4 Å². The molecule has 11 aromatic carbocycles. The van der Waals surface area contributed by atoms with E-state index in [4.69, 9.17) is 12.2 Å². The molecule has 8 amide bonds. The van der Waals surface area contributed by atoms with Gasteiger partial charge in [0.05, 0.1) is 82.1 Å². The Morgan fingerprint density at radius 1 is 0.317 bits per heavy atom. The molecule has 24 heteroatoms. The van der Waals surface area contributed by atoms with E-state index in [2.05, 4.69) is 76.0 Å². The minimum atomic E-state index is -0.388. The van der Waals surface area contributed by atoms with Gasteiger partial charge in [-0.1, -0.05) is 254 Å². The largest absolute Gasteiger partial charge is 0.382 e. The zero-order valence-corrected chi connectivity index (χ0v) is 66.5. The van der Waals surface area contributed by atoms with Crippen LogP contribution in [-0.2, 0) is 21.1 Å². The van der Waals surface area contributed by atoms with E-state index in [1.54, 1.807) is 137 Å². The number of halogens is 1. The number of carbonyl (C=O) groups is 8. The smallest absolute Gasteiger partial charge is 0.267 e. The number of aryl methyl sites for hydroxylation is 3. The van der Waals surface area contributed by atoms with Crippen LogP contribution >= 0.6 is 22.6 Å². The molecule has 4 aliphatic heterocycles. The number of nitrogens with two attached hydrogens (primary N) is 1. The Morgan fingerprint density at radius 3 is 1.02 bits per heavy atom. The third kappa shape index (κ3) is 16.1. The fraction of sp³-hybridized carbons (Fsp3) is 0.0312. The van der Waals surface area contributed by atoms with Crippen LogP contribution in [0.4, 0.5) is 29.1 Å². The van der Waals surface area contributed by atoms with Crippen molar-refractivity contribution in [1.82, 2.24) is 49.7 Å². The average molecular weight is 1690 g/mol. The van der Waals surface area contributed by atoms with E-state index in [1.165, 1.54) is 4.90 Å². The number of aromatic amines is 2. The highest BCUT2D eigenvalue weighted by Gasteiger charge is 2.43. The molecule has 0 radical (unpaired) electrons. The molecule has 0 unspecified atom stereocenters. The summed E-state index contributed by atoms with van der Waals surface area (Å²) in [6.45, 7) is 0. The number of hydrogen-bond donors (Lipinski definition) is 3. The van der Waals surface area contributed by atoms with Crippen molar-refractivity contribution >= 4 is 98.9 Å². The Kier molecular flexibility index (Phi) is 23.1. The summed E-state index contributed by atoms with van der Waals surface area (Å²) < 4.78 is 5.82. The standard InChI is InChI=1S/C26H17N3O2.C18H12IN3O2.C18H13N3O2.C17H11N3O2.C9H9N3.C8H6/c1-28-23(19-12-6-3-7-13-19)22(17-16-18-10-4-2-5-11-18)24(27-28)29-25(30)20-14-8-9-15-21(20)26(29)31;1-21-15(11-7-3-2-4-8-11)14(19)16(20-21)22-17(23)12-9-5-6-10-13(12)18(22)24;1-20-15(12-7-3-2-4-8-12)11-16(19-20)21-17(22)13-9-5-6-10-14(13)18(21)23;21-16-12-8-4-5-9-13(12)17(22)20(16)15-10-14(18-19-15)11-6-2-1-3-7-11;10-9-6-8(11-12-9)7-4-2-1-3-5-7;1-2-8-6-4-3-5-7-8/h2-15H,1H3;2-10H,1H3;2-11H,1H3;1-10H,(H,18,19);1-6H,(H3,10,11,12);1,3-7H. The second-order valence-electron chi connectivity index (χ2n) is 27.1. The Labute approximate surface area is 701 Å². The van der Waals surface area contributed by atoms with E-state index in [9.17, 15) is 38.4 Å². The highest BCUT2D eigenvalue weighted by atomic mass is 127. The number of rotatable bonds is 9. The highest BCUT2D eigenvalue weighted by molar-refractivity contribution is 14.1. The average Bonchev–Trinajstić information content (AvgIpc) is 1.60. The lowest BCUT2D eigenvalue weighted by Gasteiger charge is -2.11. The monoisotopic (exact) mass is 1690 g/mol. The van der Waals surface area contributed by atoms with Crippen LogP contribution in [0.15, 0.2) is 328 Å². The topological polar surface area (TPSA) is 286 Å². The molecule has 4 N–H and O–H groups in total. The van der Waals surface area contributed by atoms with Crippen molar-refractivity contribution in [3.63, 3.8) is 0 Å². The number of nitrogens with one attached hydrogen (secondary N) is 2. The van der Waals surface area contributed by atoms with Crippen LogP contribution in [-0.4, -0.2) is 97.0 Å². The quantitative estimate of drug-likeness (QED) is 0.0688. The maximum atomic E-state index is 13.1. The number of nitrogens with zero attached hydrogens (tertiary/aromatic N) is 12. The number of anilines is 5. The second kappa shape index (κ2) is 35.2. The van der Waals surface area contributed by atoms with E-state index < -0.39 is 0 Å².